The van der Waals surface area contributed by atoms with Crippen LogP contribution in [0.4, 0.5) is 0 Å². The number of rotatable bonds is 43. The molecule has 1 radical (unpaired) electrons. The van der Waals surface area contributed by atoms with Crippen molar-refractivity contribution in [2.75, 3.05) is 39.7 Å². The zero-order valence-electron chi connectivity index (χ0n) is 43.7. The van der Waals surface area contributed by atoms with Crippen molar-refractivity contribution < 1.29 is 42.8 Å². The van der Waals surface area contributed by atoms with Gasteiger partial charge >= 0.3 is 19.8 Å². The lowest BCUT2D eigenvalue weighted by Gasteiger charge is -2.36. The molecule has 393 valence electrons. The average molecular weight is 1010 g/mol. The SMILES string of the molecule is CCCCCCCCCCCCCCCC(=O)OC[C@H](COP(=O)(O)OCCSSCc1ccc(C2(CC)N=C(N(C)C)C(C)(C)N2[O])cc1)OC(=O)CCCCCCCCCCCCCCC. The predicted octanol–water partition coefficient (Wildman–Crippen LogP) is 15.1. The molecular formula is C53H95N3O9PS2. The number of nitrogens with zero attached hydrogens (tertiary/aromatic N) is 3. The second kappa shape index (κ2) is 37.2. The maximum absolute atomic E-state index is 13.6. The normalized spacial score (nSPS) is 17.2. The number of likely N-dealkylation sites (N-methyl/N-ethyl adjacent to an activating group) is 1. The maximum atomic E-state index is 13.6. The number of unbranched alkanes of at least 4 members (excludes halogenated alkanes) is 24. The smallest absolute Gasteiger partial charge is 0.462 e. The summed E-state index contributed by atoms with van der Waals surface area (Å²) in [6, 6.07) is 7.97. The Morgan fingerprint density at radius 3 is 1.57 bits per heavy atom. The van der Waals surface area contributed by atoms with Gasteiger partial charge in [0.05, 0.1) is 13.2 Å². The number of carbonyl (C=O) groups excluding carboxylic acids is 2. The fourth-order valence-electron chi connectivity index (χ4n) is 8.80. The number of aliphatic imine (C=N–C) groups is 1. The lowest BCUT2D eigenvalue weighted by atomic mass is 9.94. The van der Waals surface area contributed by atoms with E-state index in [4.69, 9.17) is 23.5 Å². The summed E-state index contributed by atoms with van der Waals surface area (Å²) in [4.78, 5) is 42.9. The highest BCUT2D eigenvalue weighted by Gasteiger charge is 2.54. The second-order valence-electron chi connectivity index (χ2n) is 19.5. The van der Waals surface area contributed by atoms with E-state index in [9.17, 15) is 24.3 Å². The Morgan fingerprint density at radius 2 is 1.13 bits per heavy atom. The standard InChI is InChI=1S/C53H95N3O9PS2/c1-8-11-13-15-17-19-21-23-25-27-29-31-33-35-49(57)62-43-48(65-50(58)36-34-32-30-28-26-24-22-20-18-16-14-12-9-2)44-64-66(60,61)63-41-42-67-68-45-46-37-39-47(40-38-46)53(10-3)54-51(55(6)7)52(4,5)56(53)59/h37-40,48H,8-36,41-45H2,1-7H3,(H,60,61)/t48-,53?/m1/s1. The molecule has 2 rings (SSSR count). The van der Waals surface area contributed by atoms with Gasteiger partial charge in [0, 0.05) is 38.4 Å². The van der Waals surface area contributed by atoms with Crippen LogP contribution in [-0.2, 0) is 49.3 Å². The zero-order chi connectivity index (χ0) is 49.9. The summed E-state index contributed by atoms with van der Waals surface area (Å²) in [5.41, 5.74) is 0.185. The van der Waals surface area contributed by atoms with Crippen LogP contribution >= 0.6 is 29.4 Å². The topological polar surface area (TPSA) is 147 Å². The van der Waals surface area contributed by atoms with Crippen LogP contribution in [0.25, 0.3) is 0 Å². The van der Waals surface area contributed by atoms with E-state index in [0.29, 0.717) is 24.3 Å². The van der Waals surface area contributed by atoms with E-state index in [1.165, 1.54) is 133 Å². The fraction of sp³-hybridized carbons (Fsp3) is 0.830. The number of amidine groups is 1. The first kappa shape index (κ1) is 62.5. The second-order valence-corrected chi connectivity index (χ2v) is 23.5. The van der Waals surface area contributed by atoms with Gasteiger partial charge in [0.15, 0.2) is 11.8 Å². The third-order valence-electron chi connectivity index (χ3n) is 12.9. The zero-order valence-corrected chi connectivity index (χ0v) is 46.3. The molecule has 1 N–H and O–H groups in total. The number of ether oxygens (including phenoxy) is 2. The Kier molecular flexibility index (Phi) is 34.1. The van der Waals surface area contributed by atoms with Gasteiger partial charge in [0.1, 0.15) is 18.0 Å². The first-order valence-electron chi connectivity index (χ1n) is 26.8. The molecular weight excluding hydrogens is 918 g/mol. The van der Waals surface area contributed by atoms with Crippen molar-refractivity contribution in [3.8, 4) is 0 Å². The molecule has 0 spiro atoms. The highest BCUT2D eigenvalue weighted by atomic mass is 33.1. The highest BCUT2D eigenvalue weighted by molar-refractivity contribution is 8.76. The summed E-state index contributed by atoms with van der Waals surface area (Å²) in [6.45, 7) is 9.55. The molecule has 0 fully saturated rings. The van der Waals surface area contributed by atoms with Gasteiger partial charge in [-0.2, -0.15) is 0 Å². The molecule has 0 saturated heterocycles. The molecule has 0 aliphatic carbocycles. The number of phosphoric ester groups is 1. The maximum Gasteiger partial charge on any atom is 0.472 e. The summed E-state index contributed by atoms with van der Waals surface area (Å²) in [5, 5.41) is 14.7. The van der Waals surface area contributed by atoms with Crippen molar-refractivity contribution in [2.24, 2.45) is 4.99 Å². The van der Waals surface area contributed by atoms with Crippen LogP contribution in [0.2, 0.25) is 0 Å². The quantitative estimate of drug-likeness (QED) is 0.0287. The van der Waals surface area contributed by atoms with E-state index in [-0.39, 0.29) is 32.0 Å². The summed E-state index contributed by atoms with van der Waals surface area (Å²) in [7, 11) is 2.42. The fourth-order valence-corrected chi connectivity index (χ4v) is 11.6. The van der Waals surface area contributed by atoms with Gasteiger partial charge in [-0.3, -0.25) is 18.6 Å². The Balaban J connectivity index is 1.75. The van der Waals surface area contributed by atoms with Gasteiger partial charge in [-0.15, -0.1) is 10.3 Å². The van der Waals surface area contributed by atoms with E-state index in [2.05, 4.69) is 13.8 Å². The summed E-state index contributed by atoms with van der Waals surface area (Å²) in [5.74, 6) is 1.02. The largest absolute Gasteiger partial charge is 0.472 e. The minimum absolute atomic E-state index is 0.0393. The first-order chi connectivity index (χ1) is 32.7. The predicted molar refractivity (Wildman–Crippen MR) is 283 cm³/mol. The van der Waals surface area contributed by atoms with Crippen LogP contribution in [0.1, 0.15) is 232 Å². The third kappa shape index (κ3) is 26.2. The van der Waals surface area contributed by atoms with Crippen molar-refractivity contribution in [3.63, 3.8) is 0 Å². The lowest BCUT2D eigenvalue weighted by molar-refractivity contribution is -0.256. The van der Waals surface area contributed by atoms with Gasteiger partial charge in [-0.25, -0.2) is 9.56 Å². The van der Waals surface area contributed by atoms with E-state index in [1.54, 1.807) is 10.8 Å². The van der Waals surface area contributed by atoms with Crippen LogP contribution in [-0.4, -0.2) is 83.9 Å². The molecule has 0 saturated carbocycles. The summed E-state index contributed by atoms with van der Waals surface area (Å²) in [6.07, 6.45) is 31.4. The molecule has 0 bridgehead atoms. The van der Waals surface area contributed by atoms with Gasteiger partial charge in [-0.1, -0.05) is 221 Å². The lowest BCUT2D eigenvalue weighted by Crippen LogP contribution is -2.52. The highest BCUT2D eigenvalue weighted by Crippen LogP contribution is 2.45. The minimum atomic E-state index is -4.49. The van der Waals surface area contributed by atoms with Crippen molar-refractivity contribution in [1.29, 1.82) is 0 Å². The van der Waals surface area contributed by atoms with Gasteiger partial charge in [-0.05, 0) is 44.2 Å². The number of hydroxylamine groups is 2. The molecule has 1 aliphatic rings. The number of benzene rings is 1. The summed E-state index contributed by atoms with van der Waals surface area (Å²) >= 11 is 0. The van der Waals surface area contributed by atoms with Crippen LogP contribution < -0.4 is 0 Å². The number of carbonyl (C=O) groups is 2. The molecule has 68 heavy (non-hydrogen) atoms. The number of hydrogen-bond acceptors (Lipinski definition) is 12. The Bertz CT molecular complexity index is 1550. The Labute approximate surface area is 422 Å². The van der Waals surface area contributed by atoms with Crippen LogP contribution in [0.3, 0.4) is 0 Å². The monoisotopic (exact) mass is 1010 g/mol. The van der Waals surface area contributed by atoms with Crippen molar-refractivity contribution in [2.45, 2.75) is 244 Å². The van der Waals surface area contributed by atoms with E-state index in [0.717, 1.165) is 60.6 Å². The summed E-state index contributed by atoms with van der Waals surface area (Å²) < 4.78 is 34.5. The Morgan fingerprint density at radius 1 is 0.676 bits per heavy atom. The molecule has 15 heteroatoms. The molecule has 1 aromatic rings. The van der Waals surface area contributed by atoms with E-state index in [1.807, 2.05) is 64.0 Å². The van der Waals surface area contributed by atoms with Crippen LogP contribution in [0.5, 0.6) is 0 Å². The number of esters is 2. The molecule has 0 aromatic heterocycles. The minimum Gasteiger partial charge on any atom is -0.462 e. The van der Waals surface area contributed by atoms with Crippen molar-refractivity contribution >= 4 is 47.2 Å². The van der Waals surface area contributed by atoms with E-state index < -0.39 is 37.7 Å². The van der Waals surface area contributed by atoms with Gasteiger partial charge in [0.25, 0.3) is 0 Å². The van der Waals surface area contributed by atoms with E-state index >= 15 is 0 Å². The molecule has 0 amide bonds. The average Bonchev–Trinajstić information content (AvgIpc) is 3.53. The molecule has 1 aliphatic heterocycles. The van der Waals surface area contributed by atoms with Gasteiger partial charge < -0.3 is 19.3 Å². The number of phosphoric acid groups is 1. The molecule has 12 nitrogen and oxygen atoms in total. The number of hydrogen-bond donors (Lipinski definition) is 1. The third-order valence-corrected chi connectivity index (χ3v) is 16.2. The molecule has 2 unspecified atom stereocenters. The first-order valence-corrected chi connectivity index (χ1v) is 30.8. The molecule has 3 atom stereocenters. The molecule has 1 aromatic carbocycles. The van der Waals surface area contributed by atoms with Crippen LogP contribution in [0, 0.1) is 0 Å². The van der Waals surface area contributed by atoms with Crippen molar-refractivity contribution in [1.82, 2.24) is 9.96 Å². The van der Waals surface area contributed by atoms with Gasteiger partial charge in [0.2, 0.25) is 0 Å². The molecule has 1 heterocycles. The van der Waals surface area contributed by atoms with Crippen LogP contribution in [0.15, 0.2) is 29.3 Å². The van der Waals surface area contributed by atoms with Crippen molar-refractivity contribution in [3.05, 3.63) is 35.4 Å². The Hall–Kier alpha value is -1.64.